The summed E-state index contributed by atoms with van der Waals surface area (Å²) in [5.74, 6) is 1.48. The molecular weight excluding hydrogens is 459 g/mol. The monoisotopic (exact) mass is 488 g/mol. The van der Waals surface area contributed by atoms with E-state index >= 15 is 0 Å². The van der Waals surface area contributed by atoms with Crippen LogP contribution in [0.3, 0.4) is 0 Å². The van der Waals surface area contributed by atoms with Crippen molar-refractivity contribution in [1.82, 2.24) is 15.6 Å². The number of nitrogens with zero attached hydrogens (tertiary/aromatic N) is 2. The standard InChI is InChI=1S/C19H28N4OS.HI/c1-5-20-19(23-14(3)11-17-8-7-15(4)25-17)22-13-16-9-10-21-18(12-16)24-6-2;/h7-10,12,14H,5-6,11,13H2,1-4H3,(H2,20,22,23);1H. The molecule has 26 heavy (non-hydrogen) atoms. The minimum atomic E-state index is 0. The third-order valence-electron chi connectivity index (χ3n) is 3.54. The van der Waals surface area contributed by atoms with Crippen molar-refractivity contribution in [3.8, 4) is 5.88 Å². The van der Waals surface area contributed by atoms with Crippen LogP contribution in [0.5, 0.6) is 5.88 Å². The second-order valence-corrected chi connectivity index (χ2v) is 7.26. The fourth-order valence-electron chi connectivity index (χ4n) is 2.45. The number of hydrogen-bond acceptors (Lipinski definition) is 4. The Kier molecular flexibility index (Phi) is 10.6. The Bertz CT molecular complexity index is 690. The zero-order valence-electron chi connectivity index (χ0n) is 15.9. The van der Waals surface area contributed by atoms with Crippen LogP contribution in [-0.2, 0) is 13.0 Å². The second-order valence-electron chi connectivity index (χ2n) is 5.89. The van der Waals surface area contributed by atoms with E-state index < -0.39 is 0 Å². The highest BCUT2D eigenvalue weighted by molar-refractivity contribution is 14.0. The van der Waals surface area contributed by atoms with E-state index in [4.69, 9.17) is 4.74 Å². The Morgan fingerprint density at radius 3 is 2.77 bits per heavy atom. The maximum Gasteiger partial charge on any atom is 0.213 e. The quantitative estimate of drug-likeness (QED) is 0.333. The highest BCUT2D eigenvalue weighted by Gasteiger charge is 2.08. The first kappa shape index (κ1) is 22.7. The summed E-state index contributed by atoms with van der Waals surface area (Å²) in [5.41, 5.74) is 1.08. The molecule has 0 radical (unpaired) electrons. The Labute approximate surface area is 177 Å². The van der Waals surface area contributed by atoms with Gasteiger partial charge in [-0.2, -0.15) is 0 Å². The van der Waals surface area contributed by atoms with Gasteiger partial charge in [-0.3, -0.25) is 0 Å². The molecular formula is C19H29IN4OS. The largest absolute Gasteiger partial charge is 0.478 e. The average molecular weight is 488 g/mol. The Balaban J connectivity index is 0.00000338. The molecule has 144 valence electrons. The Hall–Kier alpha value is -1.35. The van der Waals surface area contributed by atoms with E-state index in [0.717, 1.165) is 24.5 Å². The van der Waals surface area contributed by atoms with Crippen LogP contribution in [0.15, 0.2) is 35.5 Å². The number of rotatable bonds is 8. The fourth-order valence-corrected chi connectivity index (χ4v) is 3.47. The summed E-state index contributed by atoms with van der Waals surface area (Å²) in [6.07, 6.45) is 2.75. The van der Waals surface area contributed by atoms with Gasteiger partial charge in [0.25, 0.3) is 0 Å². The lowest BCUT2D eigenvalue weighted by Crippen LogP contribution is -2.43. The number of ether oxygens (including phenoxy) is 1. The van der Waals surface area contributed by atoms with Gasteiger partial charge in [0.15, 0.2) is 5.96 Å². The van der Waals surface area contributed by atoms with Gasteiger partial charge >= 0.3 is 0 Å². The van der Waals surface area contributed by atoms with Gasteiger partial charge in [-0.15, -0.1) is 35.3 Å². The molecule has 1 unspecified atom stereocenters. The molecule has 0 aliphatic carbocycles. The van der Waals surface area contributed by atoms with Gasteiger partial charge in [0.2, 0.25) is 5.88 Å². The van der Waals surface area contributed by atoms with Gasteiger partial charge < -0.3 is 15.4 Å². The Morgan fingerprint density at radius 1 is 1.31 bits per heavy atom. The summed E-state index contributed by atoms with van der Waals surface area (Å²) in [4.78, 5) is 11.6. The molecule has 0 aliphatic rings. The predicted octanol–water partition coefficient (Wildman–Crippen LogP) is 4.15. The molecule has 0 saturated carbocycles. The van der Waals surface area contributed by atoms with Gasteiger partial charge in [-0.1, -0.05) is 0 Å². The maximum atomic E-state index is 5.44. The molecule has 2 aromatic heterocycles. The summed E-state index contributed by atoms with van der Waals surface area (Å²) >= 11 is 1.85. The molecule has 2 N–H and O–H groups in total. The first-order chi connectivity index (χ1) is 12.1. The minimum Gasteiger partial charge on any atom is -0.478 e. The molecule has 0 fully saturated rings. The van der Waals surface area contributed by atoms with Crippen molar-refractivity contribution in [3.05, 3.63) is 45.8 Å². The van der Waals surface area contributed by atoms with E-state index in [9.17, 15) is 0 Å². The number of pyridine rings is 1. The first-order valence-corrected chi connectivity index (χ1v) is 9.60. The van der Waals surface area contributed by atoms with Crippen molar-refractivity contribution in [3.63, 3.8) is 0 Å². The van der Waals surface area contributed by atoms with Crippen LogP contribution in [0, 0.1) is 6.92 Å². The van der Waals surface area contributed by atoms with E-state index in [2.05, 4.69) is 53.5 Å². The fraction of sp³-hybridized carbons (Fsp3) is 0.474. The number of thiophene rings is 1. The lowest BCUT2D eigenvalue weighted by molar-refractivity contribution is 0.326. The van der Waals surface area contributed by atoms with Crippen molar-refractivity contribution in [2.45, 2.75) is 46.7 Å². The molecule has 0 bridgehead atoms. The molecule has 1 atom stereocenters. The zero-order chi connectivity index (χ0) is 18.1. The molecule has 0 aliphatic heterocycles. The van der Waals surface area contributed by atoms with Gasteiger partial charge in [0.05, 0.1) is 13.2 Å². The summed E-state index contributed by atoms with van der Waals surface area (Å²) in [6, 6.07) is 8.59. The van der Waals surface area contributed by atoms with Gasteiger partial charge in [0, 0.05) is 41.0 Å². The lowest BCUT2D eigenvalue weighted by atomic mass is 10.2. The van der Waals surface area contributed by atoms with Crippen molar-refractivity contribution < 1.29 is 4.74 Å². The van der Waals surface area contributed by atoms with Crippen LogP contribution >= 0.6 is 35.3 Å². The summed E-state index contributed by atoms with van der Waals surface area (Å²) in [7, 11) is 0. The molecule has 0 spiro atoms. The predicted molar refractivity (Wildman–Crippen MR) is 121 cm³/mol. The Morgan fingerprint density at radius 2 is 2.12 bits per heavy atom. The summed E-state index contributed by atoms with van der Waals surface area (Å²) in [5, 5.41) is 6.79. The average Bonchev–Trinajstić information content (AvgIpc) is 2.98. The van der Waals surface area contributed by atoms with E-state index in [0.29, 0.717) is 25.1 Å². The normalized spacial score (nSPS) is 12.2. The van der Waals surface area contributed by atoms with E-state index in [1.165, 1.54) is 9.75 Å². The number of halogens is 1. The highest BCUT2D eigenvalue weighted by atomic mass is 127. The van der Waals surface area contributed by atoms with Crippen LogP contribution in [0.4, 0.5) is 0 Å². The summed E-state index contributed by atoms with van der Waals surface area (Å²) < 4.78 is 5.44. The number of guanidine groups is 1. The van der Waals surface area contributed by atoms with Crippen LogP contribution in [0.25, 0.3) is 0 Å². The molecule has 2 heterocycles. The van der Waals surface area contributed by atoms with Crippen LogP contribution in [-0.4, -0.2) is 30.1 Å². The maximum absolute atomic E-state index is 5.44. The van der Waals surface area contributed by atoms with E-state index in [-0.39, 0.29) is 24.0 Å². The second kappa shape index (κ2) is 12.1. The number of hydrogen-bond donors (Lipinski definition) is 2. The molecule has 2 rings (SSSR count). The minimum absolute atomic E-state index is 0. The van der Waals surface area contributed by atoms with Crippen molar-refractivity contribution in [1.29, 1.82) is 0 Å². The molecule has 0 saturated heterocycles. The SMILES string of the molecule is CCNC(=NCc1ccnc(OCC)c1)NC(C)Cc1ccc(C)s1.I. The van der Waals surface area contributed by atoms with Crippen molar-refractivity contribution >= 4 is 41.3 Å². The zero-order valence-corrected chi connectivity index (χ0v) is 19.1. The van der Waals surface area contributed by atoms with E-state index in [1.54, 1.807) is 6.20 Å². The third-order valence-corrected chi connectivity index (χ3v) is 4.56. The topological polar surface area (TPSA) is 58.5 Å². The van der Waals surface area contributed by atoms with Crippen LogP contribution < -0.4 is 15.4 Å². The first-order valence-electron chi connectivity index (χ1n) is 8.78. The molecule has 0 amide bonds. The summed E-state index contributed by atoms with van der Waals surface area (Å²) in [6.45, 7) is 10.4. The van der Waals surface area contributed by atoms with Gasteiger partial charge in [0.1, 0.15) is 0 Å². The van der Waals surface area contributed by atoms with Crippen molar-refractivity contribution in [2.24, 2.45) is 4.99 Å². The van der Waals surface area contributed by atoms with Crippen LogP contribution in [0.1, 0.15) is 36.1 Å². The molecule has 0 aromatic carbocycles. The number of aliphatic imine (C=N–C) groups is 1. The number of aryl methyl sites for hydroxylation is 1. The van der Waals surface area contributed by atoms with Gasteiger partial charge in [-0.25, -0.2) is 9.98 Å². The lowest BCUT2D eigenvalue weighted by Gasteiger charge is -2.17. The van der Waals surface area contributed by atoms with Gasteiger partial charge in [-0.05, 0) is 51.5 Å². The third kappa shape index (κ3) is 7.90. The van der Waals surface area contributed by atoms with E-state index in [1.807, 2.05) is 30.4 Å². The van der Waals surface area contributed by atoms with Crippen molar-refractivity contribution in [2.75, 3.05) is 13.2 Å². The number of nitrogens with one attached hydrogen (secondary N) is 2. The molecule has 2 aromatic rings. The molecule has 7 heteroatoms. The highest BCUT2D eigenvalue weighted by Crippen LogP contribution is 2.16. The van der Waals surface area contributed by atoms with Crippen LogP contribution in [0.2, 0.25) is 0 Å². The number of aromatic nitrogens is 1. The smallest absolute Gasteiger partial charge is 0.213 e. The molecule has 5 nitrogen and oxygen atoms in total.